The average Bonchev–Trinajstić information content (AvgIpc) is 3.97. The second-order valence-electron chi connectivity index (χ2n) is 20.4. The van der Waals surface area contributed by atoms with E-state index in [1.165, 1.54) is 70.6 Å². The third-order valence-electron chi connectivity index (χ3n) is 16.3. The number of hydrogen-bond acceptors (Lipinski definition) is 6. The zero-order chi connectivity index (χ0) is 45.8. The van der Waals surface area contributed by atoms with Gasteiger partial charge in [0.05, 0.1) is 17.3 Å². The van der Waals surface area contributed by atoms with Gasteiger partial charge < -0.3 is 14.2 Å². The molecule has 0 spiro atoms. The van der Waals surface area contributed by atoms with Crippen LogP contribution >= 0.6 is 0 Å². The summed E-state index contributed by atoms with van der Waals surface area (Å²) in [4.78, 5) is 21.9. The second-order valence-corrected chi connectivity index (χ2v) is 20.4. The van der Waals surface area contributed by atoms with Gasteiger partial charge in [0.1, 0.15) is 23.4 Å². The predicted molar refractivity (Wildman–Crippen MR) is 285 cm³/mol. The zero-order valence-corrected chi connectivity index (χ0v) is 39.9. The molecule has 5 unspecified atom stereocenters. The fourth-order valence-electron chi connectivity index (χ4n) is 13.0. The summed E-state index contributed by atoms with van der Waals surface area (Å²) in [6.45, 7) is 0. The van der Waals surface area contributed by atoms with Gasteiger partial charge in [0.15, 0.2) is 5.58 Å². The van der Waals surface area contributed by atoms with Crippen molar-refractivity contribution in [3.8, 4) is 0 Å². The lowest BCUT2D eigenvalue weighted by Crippen LogP contribution is -2.41. The molecule has 0 bridgehead atoms. The minimum Gasteiger partial charge on any atom is -0.454 e. The standard InChI is InChI=1S/C63H61N5O/c1-67-62(43-24-11-4-12-25-43)65-61(66-63(67)44-26-13-5-14-27-44)54-38-46(57-48(41-20-7-2-8-21-41)31-19-32-49(57)42-22-9-3-10-23-42)40-64-58(54)45-34-35-51-53-37-36-52-50-30-17-18-33-55(50)68(47-28-15-6-16-29-47)59(52)60(53)69-56(51)39-45/h2,4,7-8,11-13,15,17-18,20-22,24-26,28-29,33-37,39-40,44,48,50,54,62H,3,5-6,9-10,14,16,19,23,27,30-32,38H2,1H3. The molecule has 4 aromatic carbocycles. The Balaban J connectivity index is 0.990. The lowest BCUT2D eigenvalue weighted by molar-refractivity contribution is 0.359. The van der Waals surface area contributed by atoms with Crippen molar-refractivity contribution in [2.75, 3.05) is 11.9 Å². The van der Waals surface area contributed by atoms with E-state index < -0.39 is 0 Å². The number of benzene rings is 4. The Morgan fingerprint density at radius 1 is 0.710 bits per heavy atom. The smallest absolute Gasteiger partial charge is 0.159 e. The van der Waals surface area contributed by atoms with Crippen molar-refractivity contribution in [3.05, 3.63) is 208 Å². The van der Waals surface area contributed by atoms with E-state index >= 15 is 0 Å². The summed E-state index contributed by atoms with van der Waals surface area (Å²) in [6.07, 6.45) is 38.8. The van der Waals surface area contributed by atoms with Crippen molar-refractivity contribution < 1.29 is 4.42 Å². The number of allylic oxidation sites excluding steroid dienone is 13. The molecule has 0 saturated carbocycles. The molecule has 0 fully saturated rings. The molecule has 5 atom stereocenters. The third kappa shape index (κ3) is 7.49. The van der Waals surface area contributed by atoms with Gasteiger partial charge in [0.2, 0.25) is 0 Å². The minimum atomic E-state index is -0.195. The van der Waals surface area contributed by atoms with Crippen LogP contribution in [0.25, 0.3) is 21.9 Å². The monoisotopic (exact) mass is 903 g/mol. The summed E-state index contributed by atoms with van der Waals surface area (Å²) >= 11 is 0. The van der Waals surface area contributed by atoms with E-state index in [1.807, 2.05) is 0 Å². The first-order valence-corrected chi connectivity index (χ1v) is 26.0. The summed E-state index contributed by atoms with van der Waals surface area (Å²) in [5.74, 6) is 2.67. The van der Waals surface area contributed by atoms with Crippen LogP contribution in [0.15, 0.2) is 205 Å². The van der Waals surface area contributed by atoms with Crippen molar-refractivity contribution in [1.29, 1.82) is 0 Å². The van der Waals surface area contributed by atoms with E-state index in [1.54, 1.807) is 11.1 Å². The van der Waals surface area contributed by atoms with Crippen molar-refractivity contribution in [2.45, 2.75) is 108 Å². The molecular weight excluding hydrogens is 843 g/mol. The predicted octanol–water partition coefficient (Wildman–Crippen LogP) is 15.8. The largest absolute Gasteiger partial charge is 0.454 e. The van der Waals surface area contributed by atoms with Crippen LogP contribution < -0.4 is 4.90 Å². The van der Waals surface area contributed by atoms with Gasteiger partial charge in [-0.25, -0.2) is 9.98 Å². The molecule has 3 aliphatic heterocycles. The minimum absolute atomic E-state index is 0.172. The molecule has 4 heterocycles. The van der Waals surface area contributed by atoms with Crippen molar-refractivity contribution >= 4 is 45.0 Å². The van der Waals surface area contributed by atoms with Crippen LogP contribution in [0.4, 0.5) is 5.69 Å². The number of furan rings is 1. The highest BCUT2D eigenvalue weighted by Gasteiger charge is 2.40. The van der Waals surface area contributed by atoms with Gasteiger partial charge in [-0.15, -0.1) is 0 Å². The molecule has 0 N–H and O–H groups in total. The molecule has 0 amide bonds. The van der Waals surface area contributed by atoms with Crippen LogP contribution in [-0.2, 0) is 0 Å². The first-order valence-electron chi connectivity index (χ1n) is 26.0. The van der Waals surface area contributed by atoms with Crippen LogP contribution in [0, 0.1) is 11.8 Å². The first-order chi connectivity index (χ1) is 34.2. The Kier molecular flexibility index (Phi) is 11.0. The molecule has 13 rings (SSSR count). The summed E-state index contributed by atoms with van der Waals surface area (Å²) < 4.78 is 7.18. The van der Waals surface area contributed by atoms with Gasteiger partial charge in [-0.1, -0.05) is 121 Å². The number of rotatable bonds is 8. The Hall–Kier alpha value is -6.79. The highest BCUT2D eigenvalue weighted by Crippen LogP contribution is 2.54. The summed E-state index contributed by atoms with van der Waals surface area (Å²) in [5, 5.41) is 2.28. The highest BCUT2D eigenvalue weighted by atomic mass is 16.3. The molecule has 6 heteroatoms. The second kappa shape index (κ2) is 17.9. The van der Waals surface area contributed by atoms with Crippen LogP contribution in [0.2, 0.25) is 0 Å². The lowest BCUT2D eigenvalue weighted by Gasteiger charge is -2.38. The SMILES string of the molecule is CN1C(C2C=CCCC2)=NC(C2CC(C3=C(C4=CCCCC4)CCCC3c3ccccc3)=CN=C2c2ccc3c(c2)oc2c4c(ccc23)C2CC=CC=C2N4C2=CCCC=C2)=NC1c1ccccc1. The van der Waals surface area contributed by atoms with Crippen LogP contribution in [0.5, 0.6) is 0 Å². The zero-order valence-electron chi connectivity index (χ0n) is 39.9. The van der Waals surface area contributed by atoms with E-state index in [4.69, 9.17) is 19.4 Å². The number of amidine groups is 2. The van der Waals surface area contributed by atoms with Gasteiger partial charge in [-0.3, -0.25) is 4.99 Å². The topological polar surface area (TPSA) is 56.7 Å². The molecule has 6 nitrogen and oxygen atoms in total. The quantitative estimate of drug-likeness (QED) is 0.146. The normalized spacial score (nSPS) is 25.7. The molecule has 0 saturated heterocycles. The van der Waals surface area contributed by atoms with Gasteiger partial charge in [0, 0.05) is 58.7 Å². The third-order valence-corrected chi connectivity index (χ3v) is 16.3. The summed E-state index contributed by atoms with van der Waals surface area (Å²) in [6, 6.07) is 33.6. The van der Waals surface area contributed by atoms with Gasteiger partial charge in [-0.05, 0) is 153 Å². The van der Waals surface area contributed by atoms with Gasteiger partial charge in [0.25, 0.3) is 0 Å². The molecule has 69 heavy (non-hydrogen) atoms. The Bertz CT molecular complexity index is 3220. The van der Waals surface area contributed by atoms with E-state index in [-0.39, 0.29) is 18.0 Å². The Labute approximate surface area is 407 Å². The molecule has 5 aromatic rings. The molecule has 0 radical (unpaired) electrons. The van der Waals surface area contributed by atoms with Crippen molar-refractivity contribution in [3.63, 3.8) is 0 Å². The maximum atomic E-state index is 7.18. The van der Waals surface area contributed by atoms with Gasteiger partial charge in [-0.2, -0.15) is 0 Å². The molecule has 1 aromatic heterocycles. The number of hydrogen-bond donors (Lipinski definition) is 0. The fraction of sp³-hybridized carbons (Fsp3) is 0.317. The first kappa shape index (κ1) is 42.3. The van der Waals surface area contributed by atoms with Crippen LogP contribution in [0.3, 0.4) is 0 Å². The maximum Gasteiger partial charge on any atom is 0.159 e. The van der Waals surface area contributed by atoms with Crippen LogP contribution in [-0.4, -0.2) is 29.3 Å². The molecular formula is C63H61N5O. The van der Waals surface area contributed by atoms with E-state index in [9.17, 15) is 0 Å². The molecule has 344 valence electrons. The van der Waals surface area contributed by atoms with Crippen molar-refractivity contribution in [1.82, 2.24) is 4.90 Å². The van der Waals surface area contributed by atoms with Crippen molar-refractivity contribution in [2.24, 2.45) is 26.8 Å². The summed E-state index contributed by atoms with van der Waals surface area (Å²) in [5.41, 5.74) is 17.6. The molecule has 8 aliphatic rings. The Morgan fingerprint density at radius 3 is 2.39 bits per heavy atom. The maximum absolute atomic E-state index is 7.18. The number of anilines is 1. The number of aliphatic imine (C=N–C) groups is 3. The average molecular weight is 904 g/mol. The summed E-state index contributed by atoms with van der Waals surface area (Å²) in [7, 11) is 2.19. The fourth-order valence-corrected chi connectivity index (χ4v) is 13.0. The van der Waals surface area contributed by atoms with E-state index in [2.05, 4.69) is 169 Å². The Morgan fingerprint density at radius 2 is 1.58 bits per heavy atom. The molecule has 5 aliphatic carbocycles. The van der Waals surface area contributed by atoms with E-state index in [0.717, 1.165) is 109 Å². The van der Waals surface area contributed by atoms with E-state index in [0.29, 0.717) is 11.8 Å². The highest BCUT2D eigenvalue weighted by molar-refractivity contribution is 6.20. The number of fused-ring (bicyclic) bond motifs is 7. The number of nitrogens with zero attached hydrogens (tertiary/aromatic N) is 5. The lowest BCUT2D eigenvalue weighted by atomic mass is 9.70. The van der Waals surface area contributed by atoms with Crippen LogP contribution in [0.1, 0.15) is 130 Å². The van der Waals surface area contributed by atoms with Gasteiger partial charge >= 0.3 is 0 Å².